The van der Waals surface area contributed by atoms with Crippen LogP contribution in [0.3, 0.4) is 0 Å². The van der Waals surface area contributed by atoms with Gasteiger partial charge in [0.25, 0.3) is 11.5 Å². The Labute approximate surface area is 147 Å². The highest BCUT2D eigenvalue weighted by atomic mass is 32.2. The summed E-state index contributed by atoms with van der Waals surface area (Å²) in [5, 5.41) is 3.41. The Hall–Kier alpha value is -2.87. The zero-order valence-electron chi connectivity index (χ0n) is 13.4. The van der Waals surface area contributed by atoms with E-state index in [1.54, 1.807) is 18.3 Å². The van der Waals surface area contributed by atoms with E-state index in [0.717, 1.165) is 16.9 Å². The molecule has 1 aliphatic heterocycles. The molecule has 0 fully saturated rings. The second kappa shape index (κ2) is 6.21. The molecule has 25 heavy (non-hydrogen) atoms. The van der Waals surface area contributed by atoms with Gasteiger partial charge in [-0.15, -0.1) is 0 Å². The van der Waals surface area contributed by atoms with Crippen LogP contribution in [-0.2, 0) is 6.54 Å². The van der Waals surface area contributed by atoms with E-state index in [-0.39, 0.29) is 11.1 Å². The number of hydrogen-bond donors (Lipinski definition) is 1. The lowest BCUT2D eigenvalue weighted by Gasteiger charge is -2.09. The summed E-state index contributed by atoms with van der Waals surface area (Å²) in [4.78, 5) is 33.3. The number of fused-ring (bicyclic) bond motifs is 1. The minimum Gasteiger partial charge on any atom is -0.445 e. The molecule has 1 N–H and O–H groups in total. The number of aromatic nitrogens is 3. The van der Waals surface area contributed by atoms with E-state index in [1.807, 2.05) is 13.0 Å². The third kappa shape index (κ3) is 2.85. The number of nitrogens with zero attached hydrogens (tertiary/aromatic N) is 3. The normalized spacial score (nSPS) is 12.8. The van der Waals surface area contributed by atoms with Gasteiger partial charge in [0.05, 0.1) is 6.20 Å². The summed E-state index contributed by atoms with van der Waals surface area (Å²) in [7, 11) is 0. The van der Waals surface area contributed by atoms with Crippen molar-refractivity contribution in [3.63, 3.8) is 0 Å². The summed E-state index contributed by atoms with van der Waals surface area (Å²) < 4.78 is 6.86. The number of aryl methyl sites for hydroxylation is 1. The average molecular weight is 354 g/mol. The van der Waals surface area contributed by atoms with E-state index in [0.29, 0.717) is 23.3 Å². The van der Waals surface area contributed by atoms with Gasteiger partial charge in [-0.05, 0) is 24.6 Å². The molecule has 0 radical (unpaired) electrons. The first-order valence-electron chi connectivity index (χ1n) is 7.68. The molecule has 4 rings (SSSR count). The Bertz CT molecular complexity index is 1010. The number of anilines is 1. The molecule has 0 atom stereocenters. The number of benzene rings is 1. The zero-order valence-corrected chi connectivity index (χ0v) is 14.2. The lowest BCUT2D eigenvalue weighted by molar-refractivity contribution is 0.102. The van der Waals surface area contributed by atoms with E-state index in [2.05, 4.69) is 15.3 Å². The van der Waals surface area contributed by atoms with E-state index in [4.69, 9.17) is 4.42 Å². The maximum atomic E-state index is 12.5. The van der Waals surface area contributed by atoms with Gasteiger partial charge in [-0.3, -0.25) is 14.2 Å². The van der Waals surface area contributed by atoms with Crippen molar-refractivity contribution in [2.45, 2.75) is 18.6 Å². The highest BCUT2D eigenvalue weighted by Gasteiger charge is 2.20. The Morgan fingerprint density at radius 2 is 2.24 bits per heavy atom. The first-order valence-corrected chi connectivity index (χ1v) is 8.66. The van der Waals surface area contributed by atoms with Gasteiger partial charge in [0, 0.05) is 29.7 Å². The molecule has 0 saturated heterocycles. The first kappa shape index (κ1) is 15.6. The molecular weight excluding hydrogens is 340 g/mol. The first-order chi connectivity index (χ1) is 12.1. The number of nitrogens with one attached hydrogen (secondary N) is 1. The van der Waals surface area contributed by atoms with Crippen LogP contribution in [-0.4, -0.2) is 26.2 Å². The second-order valence-corrected chi connectivity index (χ2v) is 6.64. The molecule has 0 spiro atoms. The lowest BCUT2D eigenvalue weighted by Crippen LogP contribution is -2.29. The Kier molecular flexibility index (Phi) is 3.89. The van der Waals surface area contributed by atoms with Gasteiger partial charge < -0.3 is 9.73 Å². The largest absolute Gasteiger partial charge is 0.445 e. The van der Waals surface area contributed by atoms with E-state index in [1.165, 1.54) is 28.8 Å². The number of oxazole rings is 1. The van der Waals surface area contributed by atoms with Gasteiger partial charge >= 0.3 is 0 Å². The summed E-state index contributed by atoms with van der Waals surface area (Å²) in [6, 6.07) is 5.40. The van der Waals surface area contributed by atoms with Gasteiger partial charge in [0.1, 0.15) is 11.8 Å². The number of thioether (sulfide) groups is 1. The molecule has 0 aliphatic carbocycles. The predicted octanol–water partition coefficient (Wildman–Crippen LogP) is 2.56. The lowest BCUT2D eigenvalue weighted by atomic mass is 10.1. The van der Waals surface area contributed by atoms with Crippen LogP contribution >= 0.6 is 11.8 Å². The SMILES string of the molecule is Cc1ccc(NC(=O)c2cnc3n(c2=O)CCS3)cc1-c1ncco1. The fourth-order valence-corrected chi connectivity index (χ4v) is 3.57. The molecule has 0 bridgehead atoms. The quantitative estimate of drug-likeness (QED) is 0.727. The number of rotatable bonds is 3. The Morgan fingerprint density at radius 1 is 1.36 bits per heavy atom. The molecule has 0 saturated carbocycles. The third-order valence-corrected chi connectivity index (χ3v) is 4.93. The average Bonchev–Trinajstić information content (AvgIpc) is 3.28. The maximum absolute atomic E-state index is 12.5. The molecule has 126 valence electrons. The molecular formula is C17H14N4O3S. The smallest absolute Gasteiger partial charge is 0.267 e. The topological polar surface area (TPSA) is 90.0 Å². The summed E-state index contributed by atoms with van der Waals surface area (Å²) >= 11 is 1.51. The summed E-state index contributed by atoms with van der Waals surface area (Å²) in [6.07, 6.45) is 4.40. The van der Waals surface area contributed by atoms with Gasteiger partial charge in [-0.2, -0.15) is 0 Å². The van der Waals surface area contributed by atoms with Crippen LogP contribution < -0.4 is 10.9 Å². The van der Waals surface area contributed by atoms with Crippen molar-refractivity contribution in [1.29, 1.82) is 0 Å². The molecule has 1 amide bonds. The highest BCUT2D eigenvalue weighted by molar-refractivity contribution is 7.99. The number of carbonyl (C=O) groups is 1. The summed E-state index contributed by atoms with van der Waals surface area (Å²) in [5.41, 5.74) is 2.03. The van der Waals surface area contributed by atoms with Crippen molar-refractivity contribution in [2.75, 3.05) is 11.1 Å². The van der Waals surface area contributed by atoms with Crippen LogP contribution in [0.5, 0.6) is 0 Å². The molecule has 3 heterocycles. The van der Waals surface area contributed by atoms with Crippen molar-refractivity contribution in [3.8, 4) is 11.5 Å². The molecule has 0 unspecified atom stereocenters. The van der Waals surface area contributed by atoms with Crippen molar-refractivity contribution >= 4 is 23.4 Å². The van der Waals surface area contributed by atoms with Crippen molar-refractivity contribution < 1.29 is 9.21 Å². The van der Waals surface area contributed by atoms with Gasteiger partial charge in [-0.25, -0.2) is 9.97 Å². The third-order valence-electron chi connectivity index (χ3n) is 3.96. The molecule has 1 aromatic carbocycles. The van der Waals surface area contributed by atoms with Crippen LogP contribution in [0.15, 0.2) is 51.2 Å². The minimum atomic E-state index is -0.480. The van der Waals surface area contributed by atoms with Gasteiger partial charge in [0.15, 0.2) is 5.16 Å². The standard InChI is InChI=1S/C17H14N4O3S/c1-10-2-3-11(8-12(10)15-18-4-6-24-15)20-14(22)13-9-19-17-21(16(13)23)5-7-25-17/h2-4,6,8-9H,5,7H2,1H3,(H,20,22). The molecule has 8 heteroatoms. The van der Waals surface area contributed by atoms with Crippen LogP contribution in [0.4, 0.5) is 5.69 Å². The molecule has 2 aromatic heterocycles. The van der Waals surface area contributed by atoms with Gasteiger partial charge in [-0.1, -0.05) is 17.8 Å². The van der Waals surface area contributed by atoms with Crippen LogP contribution in [0.1, 0.15) is 15.9 Å². The van der Waals surface area contributed by atoms with E-state index >= 15 is 0 Å². The van der Waals surface area contributed by atoms with Crippen molar-refractivity contribution in [1.82, 2.24) is 14.5 Å². The summed E-state index contributed by atoms with van der Waals surface area (Å²) in [5.74, 6) is 0.793. The number of amides is 1. The number of hydrogen-bond acceptors (Lipinski definition) is 6. The Morgan fingerprint density at radius 3 is 3.04 bits per heavy atom. The fourth-order valence-electron chi connectivity index (χ4n) is 2.66. The van der Waals surface area contributed by atoms with E-state index < -0.39 is 5.91 Å². The second-order valence-electron chi connectivity index (χ2n) is 5.58. The van der Waals surface area contributed by atoms with Crippen molar-refractivity contribution in [3.05, 3.63) is 58.3 Å². The zero-order chi connectivity index (χ0) is 17.4. The van der Waals surface area contributed by atoms with Crippen LogP contribution in [0, 0.1) is 6.92 Å². The molecule has 7 nitrogen and oxygen atoms in total. The van der Waals surface area contributed by atoms with Crippen LogP contribution in [0.2, 0.25) is 0 Å². The minimum absolute atomic E-state index is 0.0319. The predicted molar refractivity (Wildman–Crippen MR) is 93.9 cm³/mol. The molecule has 3 aromatic rings. The van der Waals surface area contributed by atoms with Crippen LogP contribution in [0.25, 0.3) is 11.5 Å². The fraction of sp³-hybridized carbons (Fsp3) is 0.176. The monoisotopic (exact) mass is 354 g/mol. The maximum Gasteiger partial charge on any atom is 0.267 e. The number of carbonyl (C=O) groups excluding carboxylic acids is 1. The highest BCUT2D eigenvalue weighted by Crippen LogP contribution is 2.25. The molecule has 1 aliphatic rings. The Balaban J connectivity index is 1.64. The van der Waals surface area contributed by atoms with Gasteiger partial charge in [0.2, 0.25) is 5.89 Å². The van der Waals surface area contributed by atoms with Crippen molar-refractivity contribution in [2.24, 2.45) is 0 Å². The van der Waals surface area contributed by atoms with E-state index in [9.17, 15) is 9.59 Å². The summed E-state index contributed by atoms with van der Waals surface area (Å²) in [6.45, 7) is 2.51.